The van der Waals surface area contributed by atoms with Crippen LogP contribution in [0.5, 0.6) is 0 Å². The van der Waals surface area contributed by atoms with Crippen molar-refractivity contribution >= 4 is 17.4 Å². The van der Waals surface area contributed by atoms with E-state index in [1.54, 1.807) is 12.4 Å². The Morgan fingerprint density at radius 1 is 1.04 bits per heavy atom. The molecule has 2 aromatic heterocycles. The molecule has 1 atom stereocenters. The minimum Gasteiger partial charge on any atom is -0.374 e. The van der Waals surface area contributed by atoms with Gasteiger partial charge in [-0.25, -0.2) is 9.97 Å². The van der Waals surface area contributed by atoms with E-state index in [0.717, 1.165) is 16.8 Å². The zero-order valence-electron chi connectivity index (χ0n) is 14.0. The summed E-state index contributed by atoms with van der Waals surface area (Å²) in [5.74, 6) is 1.15. The van der Waals surface area contributed by atoms with Gasteiger partial charge < -0.3 is 10.4 Å². The second kappa shape index (κ2) is 7.59. The molecule has 5 nitrogen and oxygen atoms in total. The maximum atomic E-state index is 10.1. The Labute approximate surface area is 151 Å². The van der Waals surface area contributed by atoms with Gasteiger partial charge in [0, 0.05) is 34.6 Å². The van der Waals surface area contributed by atoms with E-state index in [1.807, 2.05) is 56.3 Å². The molecule has 6 heteroatoms. The Morgan fingerprint density at radius 2 is 1.80 bits per heavy atom. The molecular formula is C19H19ClN4O. The lowest BCUT2D eigenvalue weighted by Crippen LogP contribution is -2.25. The van der Waals surface area contributed by atoms with E-state index in [-0.39, 0.29) is 5.92 Å². The van der Waals surface area contributed by atoms with E-state index in [4.69, 9.17) is 11.6 Å². The van der Waals surface area contributed by atoms with Gasteiger partial charge in [0.1, 0.15) is 12.0 Å². The summed E-state index contributed by atoms with van der Waals surface area (Å²) in [6.45, 7) is 3.86. The average molecular weight is 355 g/mol. The van der Waals surface area contributed by atoms with Crippen LogP contribution >= 0.6 is 11.6 Å². The molecule has 0 saturated heterocycles. The summed E-state index contributed by atoms with van der Waals surface area (Å²) in [6, 6.07) is 13.0. The topological polar surface area (TPSA) is 70.9 Å². The lowest BCUT2D eigenvalue weighted by molar-refractivity contribution is 0.152. The van der Waals surface area contributed by atoms with Crippen molar-refractivity contribution in [2.75, 3.05) is 5.32 Å². The fourth-order valence-electron chi connectivity index (χ4n) is 2.23. The normalized spacial score (nSPS) is 12.2. The number of anilines is 1. The molecule has 2 heterocycles. The first kappa shape index (κ1) is 17.3. The van der Waals surface area contributed by atoms with Crippen molar-refractivity contribution in [3.63, 3.8) is 0 Å². The Hall–Kier alpha value is -2.50. The van der Waals surface area contributed by atoms with Crippen molar-refractivity contribution in [3.8, 4) is 22.6 Å². The van der Waals surface area contributed by atoms with Gasteiger partial charge in [-0.05, 0) is 30.2 Å². The van der Waals surface area contributed by atoms with E-state index >= 15 is 0 Å². The fourth-order valence-corrected chi connectivity index (χ4v) is 2.36. The van der Waals surface area contributed by atoms with Crippen LogP contribution in [0.2, 0.25) is 5.02 Å². The summed E-state index contributed by atoms with van der Waals surface area (Å²) in [4.78, 5) is 13.3. The standard InChI is InChI=1S/C19H19ClN4O/c1-12(2)19(25)24-17-10-16(13-5-7-15(20)8-6-13)22-18(23-17)14-4-3-9-21-11-14/h3-12,19,25H,1-2H3,(H,22,23,24). The van der Waals surface area contributed by atoms with Crippen molar-refractivity contribution in [1.29, 1.82) is 0 Å². The van der Waals surface area contributed by atoms with Gasteiger partial charge in [-0.15, -0.1) is 0 Å². The number of nitrogens with zero attached hydrogens (tertiary/aromatic N) is 3. The molecule has 25 heavy (non-hydrogen) atoms. The monoisotopic (exact) mass is 354 g/mol. The Balaban J connectivity index is 2.06. The number of aromatic nitrogens is 3. The van der Waals surface area contributed by atoms with Crippen LogP contribution in [0.15, 0.2) is 54.9 Å². The van der Waals surface area contributed by atoms with Crippen molar-refractivity contribution in [2.24, 2.45) is 5.92 Å². The Kier molecular flexibility index (Phi) is 5.26. The zero-order valence-corrected chi connectivity index (χ0v) is 14.8. The first-order valence-corrected chi connectivity index (χ1v) is 8.41. The summed E-state index contributed by atoms with van der Waals surface area (Å²) in [6.07, 6.45) is 2.72. The van der Waals surface area contributed by atoms with Crippen molar-refractivity contribution in [3.05, 3.63) is 59.9 Å². The minimum atomic E-state index is -0.699. The molecule has 0 fully saturated rings. The van der Waals surface area contributed by atoms with E-state index in [0.29, 0.717) is 16.7 Å². The molecule has 2 N–H and O–H groups in total. The van der Waals surface area contributed by atoms with Gasteiger partial charge in [-0.2, -0.15) is 0 Å². The number of aliphatic hydroxyl groups excluding tert-OH is 1. The maximum absolute atomic E-state index is 10.1. The molecular weight excluding hydrogens is 336 g/mol. The smallest absolute Gasteiger partial charge is 0.163 e. The molecule has 128 valence electrons. The third-order valence-electron chi connectivity index (χ3n) is 3.71. The highest BCUT2D eigenvalue weighted by atomic mass is 35.5. The number of halogens is 1. The second-order valence-corrected chi connectivity index (χ2v) is 6.48. The number of nitrogens with one attached hydrogen (secondary N) is 1. The highest BCUT2D eigenvalue weighted by Gasteiger charge is 2.13. The van der Waals surface area contributed by atoms with Gasteiger partial charge in [0.25, 0.3) is 0 Å². The molecule has 0 aliphatic heterocycles. The van der Waals surface area contributed by atoms with Crippen LogP contribution in [0.1, 0.15) is 13.8 Å². The fraction of sp³-hybridized carbons (Fsp3) is 0.211. The summed E-state index contributed by atoms with van der Waals surface area (Å²) in [5, 5.41) is 13.8. The minimum absolute atomic E-state index is 0.0517. The van der Waals surface area contributed by atoms with Crippen LogP contribution in [0.25, 0.3) is 22.6 Å². The van der Waals surface area contributed by atoms with E-state index in [1.165, 1.54) is 0 Å². The first-order valence-electron chi connectivity index (χ1n) is 8.03. The van der Waals surface area contributed by atoms with Crippen LogP contribution in [0, 0.1) is 5.92 Å². The number of hydrogen-bond acceptors (Lipinski definition) is 5. The van der Waals surface area contributed by atoms with Gasteiger partial charge in [0.15, 0.2) is 5.82 Å². The number of rotatable bonds is 5. The summed E-state index contributed by atoms with van der Waals surface area (Å²) in [7, 11) is 0. The SMILES string of the molecule is CC(C)C(O)Nc1cc(-c2ccc(Cl)cc2)nc(-c2cccnc2)n1. The number of benzene rings is 1. The Morgan fingerprint density at radius 3 is 2.44 bits per heavy atom. The maximum Gasteiger partial charge on any atom is 0.163 e. The largest absolute Gasteiger partial charge is 0.374 e. The third kappa shape index (κ3) is 4.32. The van der Waals surface area contributed by atoms with Gasteiger partial charge in [0.2, 0.25) is 0 Å². The summed E-state index contributed by atoms with van der Waals surface area (Å²) >= 11 is 5.97. The molecule has 0 amide bonds. The molecule has 3 aromatic rings. The molecule has 0 radical (unpaired) electrons. The van der Waals surface area contributed by atoms with Gasteiger partial charge >= 0.3 is 0 Å². The average Bonchev–Trinajstić information content (AvgIpc) is 2.62. The molecule has 1 aromatic carbocycles. The highest BCUT2D eigenvalue weighted by molar-refractivity contribution is 6.30. The zero-order chi connectivity index (χ0) is 17.8. The summed E-state index contributed by atoms with van der Waals surface area (Å²) in [5.41, 5.74) is 2.46. The number of hydrogen-bond donors (Lipinski definition) is 2. The summed E-state index contributed by atoms with van der Waals surface area (Å²) < 4.78 is 0. The lowest BCUT2D eigenvalue weighted by atomic mass is 10.1. The van der Waals surface area contributed by atoms with E-state index in [9.17, 15) is 5.11 Å². The predicted molar refractivity (Wildman–Crippen MR) is 100 cm³/mol. The van der Waals surface area contributed by atoms with Crippen molar-refractivity contribution < 1.29 is 5.11 Å². The van der Waals surface area contributed by atoms with Crippen LogP contribution in [-0.4, -0.2) is 26.3 Å². The van der Waals surface area contributed by atoms with E-state index < -0.39 is 6.23 Å². The van der Waals surface area contributed by atoms with Crippen LogP contribution < -0.4 is 5.32 Å². The number of aliphatic hydroxyl groups is 1. The highest BCUT2D eigenvalue weighted by Crippen LogP contribution is 2.25. The van der Waals surface area contributed by atoms with Crippen LogP contribution in [-0.2, 0) is 0 Å². The van der Waals surface area contributed by atoms with Crippen molar-refractivity contribution in [1.82, 2.24) is 15.0 Å². The van der Waals surface area contributed by atoms with Gasteiger partial charge in [-0.1, -0.05) is 37.6 Å². The molecule has 1 unspecified atom stereocenters. The van der Waals surface area contributed by atoms with Crippen molar-refractivity contribution in [2.45, 2.75) is 20.1 Å². The molecule has 0 aliphatic carbocycles. The van der Waals surface area contributed by atoms with Crippen LogP contribution in [0.3, 0.4) is 0 Å². The molecule has 0 saturated carbocycles. The quantitative estimate of drug-likeness (QED) is 0.670. The molecule has 0 bridgehead atoms. The number of pyridine rings is 1. The van der Waals surface area contributed by atoms with E-state index in [2.05, 4.69) is 20.3 Å². The molecule has 3 rings (SSSR count). The molecule has 0 aliphatic rings. The molecule has 0 spiro atoms. The Bertz CT molecular complexity index is 838. The lowest BCUT2D eigenvalue weighted by Gasteiger charge is -2.18. The predicted octanol–water partition coefficient (Wildman–Crippen LogP) is 4.25. The third-order valence-corrected chi connectivity index (χ3v) is 3.97. The van der Waals surface area contributed by atoms with Gasteiger partial charge in [-0.3, -0.25) is 4.98 Å². The second-order valence-electron chi connectivity index (χ2n) is 6.04. The van der Waals surface area contributed by atoms with Crippen LogP contribution in [0.4, 0.5) is 5.82 Å². The van der Waals surface area contributed by atoms with Gasteiger partial charge in [0.05, 0.1) is 5.69 Å². The first-order chi connectivity index (χ1) is 12.0.